The molecule has 1 amide bonds. The molecule has 1 heterocycles. The first-order chi connectivity index (χ1) is 12.1. The van der Waals surface area contributed by atoms with Crippen molar-refractivity contribution in [2.45, 2.75) is 52.1 Å². The molecule has 5 nitrogen and oxygen atoms in total. The number of carbonyl (C=O) groups excluding carboxylic acids is 1. The molecule has 1 saturated heterocycles. The summed E-state index contributed by atoms with van der Waals surface area (Å²) < 4.78 is 13.2. The zero-order valence-corrected chi connectivity index (χ0v) is 18.0. The molecule has 1 aliphatic heterocycles. The van der Waals surface area contributed by atoms with E-state index in [2.05, 4.69) is 22.5 Å². The van der Waals surface area contributed by atoms with E-state index in [0.29, 0.717) is 31.5 Å². The van der Waals surface area contributed by atoms with E-state index in [4.69, 9.17) is 0 Å². The normalized spacial score (nSPS) is 17.4. The molecular formula is C19H30FIN4O. The molecule has 0 aliphatic carbocycles. The summed E-state index contributed by atoms with van der Waals surface area (Å²) in [6.07, 6.45) is 3.85. The molecule has 1 atom stereocenters. The van der Waals surface area contributed by atoms with Crippen LogP contribution in [0.3, 0.4) is 0 Å². The van der Waals surface area contributed by atoms with E-state index in [1.165, 1.54) is 18.6 Å². The summed E-state index contributed by atoms with van der Waals surface area (Å²) in [5, 5.41) is 6.34. The van der Waals surface area contributed by atoms with E-state index < -0.39 is 0 Å². The highest BCUT2D eigenvalue weighted by atomic mass is 127. The predicted octanol–water partition coefficient (Wildman–Crippen LogP) is 3.29. The van der Waals surface area contributed by atoms with E-state index in [1.807, 2.05) is 17.9 Å². The zero-order chi connectivity index (χ0) is 18.1. The van der Waals surface area contributed by atoms with Crippen molar-refractivity contribution in [1.82, 2.24) is 15.5 Å². The van der Waals surface area contributed by atoms with E-state index in [-0.39, 0.29) is 35.7 Å². The second-order valence-electron chi connectivity index (χ2n) is 6.43. The Morgan fingerprint density at radius 3 is 2.85 bits per heavy atom. The minimum Gasteiger partial charge on any atom is -0.357 e. The van der Waals surface area contributed by atoms with Crippen LogP contribution in [0.25, 0.3) is 0 Å². The topological polar surface area (TPSA) is 56.7 Å². The number of amides is 1. The van der Waals surface area contributed by atoms with Gasteiger partial charge in [0.2, 0.25) is 5.91 Å². The highest BCUT2D eigenvalue weighted by Gasteiger charge is 2.22. The molecule has 0 aromatic heterocycles. The molecule has 7 heteroatoms. The molecule has 0 saturated carbocycles. The van der Waals surface area contributed by atoms with Crippen LogP contribution in [-0.2, 0) is 11.3 Å². The minimum atomic E-state index is -0.257. The monoisotopic (exact) mass is 476 g/mol. The number of nitrogens with zero attached hydrogens (tertiary/aromatic N) is 2. The standard InChI is InChI=1S/C19H29FN4O.HI/c1-3-21-19(23-14-16-8-6-9-17(20)13-16)22-11-10-18(25)24-12-5-4-7-15(24)2;/h6,8-9,13,15H,3-5,7,10-12,14H2,1-2H3,(H2,21,22,23);1H. The maximum absolute atomic E-state index is 13.2. The summed E-state index contributed by atoms with van der Waals surface area (Å²) in [5.41, 5.74) is 0.815. The van der Waals surface area contributed by atoms with Crippen molar-refractivity contribution in [3.05, 3.63) is 35.6 Å². The van der Waals surface area contributed by atoms with Crippen molar-refractivity contribution >= 4 is 35.8 Å². The second-order valence-corrected chi connectivity index (χ2v) is 6.43. The Morgan fingerprint density at radius 2 is 2.15 bits per heavy atom. The van der Waals surface area contributed by atoms with Crippen LogP contribution in [0.15, 0.2) is 29.3 Å². The first-order valence-corrected chi connectivity index (χ1v) is 9.16. The fraction of sp³-hybridized carbons (Fsp3) is 0.579. The third-order valence-corrected chi connectivity index (χ3v) is 4.41. The second kappa shape index (κ2) is 12.1. The van der Waals surface area contributed by atoms with E-state index in [1.54, 1.807) is 6.07 Å². The van der Waals surface area contributed by atoms with Gasteiger partial charge in [-0.25, -0.2) is 9.38 Å². The summed E-state index contributed by atoms with van der Waals surface area (Å²) in [5.74, 6) is 0.582. The fourth-order valence-corrected chi connectivity index (χ4v) is 3.05. The van der Waals surface area contributed by atoms with Gasteiger partial charge in [-0.2, -0.15) is 0 Å². The Kier molecular flexibility index (Phi) is 10.5. The number of halogens is 2. The average molecular weight is 476 g/mol. The third-order valence-electron chi connectivity index (χ3n) is 4.41. The van der Waals surface area contributed by atoms with Gasteiger partial charge in [0.1, 0.15) is 5.82 Å². The van der Waals surface area contributed by atoms with Gasteiger partial charge >= 0.3 is 0 Å². The van der Waals surface area contributed by atoms with Crippen LogP contribution in [0.1, 0.15) is 45.1 Å². The molecule has 0 bridgehead atoms. The summed E-state index contributed by atoms with van der Waals surface area (Å²) in [7, 11) is 0. The van der Waals surface area contributed by atoms with Crippen LogP contribution in [0.4, 0.5) is 4.39 Å². The number of carbonyl (C=O) groups is 1. The number of guanidine groups is 1. The summed E-state index contributed by atoms with van der Waals surface area (Å²) in [6, 6.07) is 6.77. The smallest absolute Gasteiger partial charge is 0.224 e. The molecule has 1 aliphatic rings. The Bertz CT molecular complexity index is 597. The first kappa shape index (κ1) is 22.7. The molecule has 0 radical (unpaired) electrons. The lowest BCUT2D eigenvalue weighted by atomic mass is 10.0. The lowest BCUT2D eigenvalue weighted by molar-refractivity contribution is -0.134. The van der Waals surface area contributed by atoms with Gasteiger partial charge in [0.15, 0.2) is 5.96 Å². The van der Waals surface area contributed by atoms with Gasteiger partial charge in [-0.15, -0.1) is 24.0 Å². The SMILES string of the molecule is CCNC(=NCc1cccc(F)c1)NCCC(=O)N1CCCCC1C.I. The molecular weight excluding hydrogens is 446 g/mol. The molecule has 1 aromatic rings. The molecule has 2 rings (SSSR count). The van der Waals surface area contributed by atoms with Crippen LogP contribution < -0.4 is 10.6 Å². The quantitative estimate of drug-likeness (QED) is 0.377. The fourth-order valence-electron chi connectivity index (χ4n) is 3.05. The molecule has 1 aromatic carbocycles. The summed E-state index contributed by atoms with van der Waals surface area (Å²) >= 11 is 0. The first-order valence-electron chi connectivity index (χ1n) is 9.16. The van der Waals surface area contributed by atoms with E-state index in [9.17, 15) is 9.18 Å². The molecule has 1 unspecified atom stereocenters. The lowest BCUT2D eigenvalue weighted by Gasteiger charge is -2.33. The number of aliphatic imine (C=N–C) groups is 1. The number of likely N-dealkylation sites (tertiary alicyclic amines) is 1. The van der Waals surface area contributed by atoms with Gasteiger partial charge in [0.05, 0.1) is 6.54 Å². The number of nitrogens with one attached hydrogen (secondary N) is 2. The predicted molar refractivity (Wildman–Crippen MR) is 114 cm³/mol. The van der Waals surface area contributed by atoms with Gasteiger partial charge in [0, 0.05) is 32.1 Å². The van der Waals surface area contributed by atoms with Crippen molar-refractivity contribution in [3.63, 3.8) is 0 Å². The van der Waals surface area contributed by atoms with Crippen LogP contribution in [0, 0.1) is 5.82 Å². The minimum absolute atomic E-state index is 0. The van der Waals surface area contributed by atoms with Gasteiger partial charge in [-0.3, -0.25) is 4.79 Å². The highest BCUT2D eigenvalue weighted by molar-refractivity contribution is 14.0. The summed E-state index contributed by atoms with van der Waals surface area (Å²) in [4.78, 5) is 18.8. The van der Waals surface area contributed by atoms with E-state index >= 15 is 0 Å². The molecule has 1 fully saturated rings. The van der Waals surface area contributed by atoms with Crippen LogP contribution in [-0.4, -0.2) is 42.4 Å². The molecule has 2 N–H and O–H groups in total. The maximum Gasteiger partial charge on any atom is 0.224 e. The van der Waals surface area contributed by atoms with Crippen molar-refractivity contribution in [2.24, 2.45) is 4.99 Å². The van der Waals surface area contributed by atoms with Crippen molar-refractivity contribution in [3.8, 4) is 0 Å². The Morgan fingerprint density at radius 1 is 1.35 bits per heavy atom. The number of piperidine rings is 1. The van der Waals surface area contributed by atoms with Gasteiger partial charge in [0.25, 0.3) is 0 Å². The van der Waals surface area contributed by atoms with Crippen LogP contribution in [0.2, 0.25) is 0 Å². The summed E-state index contributed by atoms with van der Waals surface area (Å²) in [6.45, 7) is 6.63. The van der Waals surface area contributed by atoms with Crippen molar-refractivity contribution in [2.75, 3.05) is 19.6 Å². The zero-order valence-electron chi connectivity index (χ0n) is 15.6. The lowest BCUT2D eigenvalue weighted by Crippen LogP contribution is -2.44. The molecule has 26 heavy (non-hydrogen) atoms. The van der Waals surface area contributed by atoms with Gasteiger partial charge < -0.3 is 15.5 Å². The Balaban J connectivity index is 0.00000338. The Labute approximate surface area is 172 Å². The van der Waals surface area contributed by atoms with Crippen LogP contribution in [0.5, 0.6) is 0 Å². The van der Waals surface area contributed by atoms with Crippen LogP contribution >= 0.6 is 24.0 Å². The van der Waals surface area contributed by atoms with Gasteiger partial charge in [-0.1, -0.05) is 12.1 Å². The maximum atomic E-state index is 13.2. The molecule has 0 spiro atoms. The number of hydrogen-bond acceptors (Lipinski definition) is 2. The average Bonchev–Trinajstić information content (AvgIpc) is 2.60. The van der Waals surface area contributed by atoms with Crippen molar-refractivity contribution in [1.29, 1.82) is 0 Å². The Hall–Kier alpha value is -1.38. The largest absolute Gasteiger partial charge is 0.357 e. The van der Waals surface area contributed by atoms with Crippen molar-refractivity contribution < 1.29 is 9.18 Å². The van der Waals surface area contributed by atoms with Gasteiger partial charge in [-0.05, 0) is 50.8 Å². The highest BCUT2D eigenvalue weighted by Crippen LogP contribution is 2.16. The number of rotatable bonds is 6. The van der Waals surface area contributed by atoms with E-state index in [0.717, 1.165) is 31.5 Å². The third kappa shape index (κ3) is 7.47. The number of hydrogen-bond donors (Lipinski definition) is 2. The number of benzene rings is 1. The molecule has 146 valence electrons.